The van der Waals surface area contributed by atoms with Gasteiger partial charge in [-0.25, -0.2) is 14.8 Å². The third kappa shape index (κ3) is 3.17. The summed E-state index contributed by atoms with van der Waals surface area (Å²) in [7, 11) is 1.36. The van der Waals surface area contributed by atoms with Crippen LogP contribution in [0.1, 0.15) is 29.8 Å². The van der Waals surface area contributed by atoms with Gasteiger partial charge in [-0.05, 0) is 25.0 Å². The summed E-state index contributed by atoms with van der Waals surface area (Å²) in [5, 5.41) is 2.17. The van der Waals surface area contributed by atoms with E-state index in [1.165, 1.54) is 26.4 Å². The Balaban J connectivity index is 2.02. The van der Waals surface area contributed by atoms with Crippen LogP contribution in [0.5, 0.6) is 0 Å². The Labute approximate surface area is 101 Å². The second-order valence-electron chi connectivity index (χ2n) is 4.08. The number of aromatic nitrogens is 1. The summed E-state index contributed by atoms with van der Waals surface area (Å²) < 4.78 is 4.64. The molecule has 1 saturated heterocycles. The van der Waals surface area contributed by atoms with Crippen molar-refractivity contribution in [3.63, 3.8) is 0 Å². The highest BCUT2D eigenvalue weighted by atomic mass is 16.5. The number of nitrogens with zero attached hydrogens (tertiary/aromatic N) is 2. The standard InChI is InChI=1S/C12H17N3O2/c1-17-12(16)11-9-10(5-6-13-11)14-15-7-3-2-4-8-15/h5-6,9H,2-4,7-8H2,1H3,(H,13,14). The topological polar surface area (TPSA) is 54.5 Å². The summed E-state index contributed by atoms with van der Waals surface area (Å²) in [5.41, 5.74) is 4.49. The first-order valence-corrected chi connectivity index (χ1v) is 5.85. The molecule has 0 spiro atoms. The molecule has 0 aromatic carbocycles. The van der Waals surface area contributed by atoms with Crippen molar-refractivity contribution >= 4 is 11.7 Å². The fraction of sp³-hybridized carbons (Fsp3) is 0.500. The van der Waals surface area contributed by atoms with Gasteiger partial charge in [0.25, 0.3) is 0 Å². The Kier molecular flexibility index (Phi) is 3.93. The largest absolute Gasteiger partial charge is 0.464 e. The predicted octanol–water partition coefficient (Wildman–Crippen LogP) is 1.68. The van der Waals surface area contributed by atoms with Gasteiger partial charge in [-0.15, -0.1) is 0 Å². The zero-order chi connectivity index (χ0) is 12.1. The molecule has 0 saturated carbocycles. The van der Waals surface area contributed by atoms with E-state index >= 15 is 0 Å². The van der Waals surface area contributed by atoms with Gasteiger partial charge in [0.2, 0.25) is 0 Å². The van der Waals surface area contributed by atoms with E-state index in [1.54, 1.807) is 12.3 Å². The molecule has 1 aliphatic heterocycles. The van der Waals surface area contributed by atoms with Crippen LogP contribution in [0.2, 0.25) is 0 Å². The molecule has 17 heavy (non-hydrogen) atoms. The molecule has 92 valence electrons. The lowest BCUT2D eigenvalue weighted by Crippen LogP contribution is -2.34. The fourth-order valence-corrected chi connectivity index (χ4v) is 1.90. The Bertz CT molecular complexity index is 389. The molecule has 0 bridgehead atoms. The molecule has 5 nitrogen and oxygen atoms in total. The molecule has 1 aliphatic rings. The lowest BCUT2D eigenvalue weighted by molar-refractivity contribution is 0.0594. The van der Waals surface area contributed by atoms with Crippen molar-refractivity contribution in [3.8, 4) is 0 Å². The Morgan fingerprint density at radius 1 is 1.41 bits per heavy atom. The number of esters is 1. The number of methoxy groups -OCH3 is 1. The third-order valence-electron chi connectivity index (χ3n) is 2.80. The lowest BCUT2D eigenvalue weighted by atomic mass is 10.2. The van der Waals surface area contributed by atoms with Crippen molar-refractivity contribution < 1.29 is 9.53 Å². The van der Waals surface area contributed by atoms with Crippen LogP contribution in [0.25, 0.3) is 0 Å². The maximum atomic E-state index is 11.3. The summed E-state index contributed by atoms with van der Waals surface area (Å²) in [6, 6.07) is 3.56. The van der Waals surface area contributed by atoms with Crippen molar-refractivity contribution in [1.29, 1.82) is 0 Å². The minimum atomic E-state index is -0.410. The zero-order valence-corrected chi connectivity index (χ0v) is 9.98. The molecule has 0 unspecified atom stereocenters. The smallest absolute Gasteiger partial charge is 0.356 e. The first-order valence-electron chi connectivity index (χ1n) is 5.85. The van der Waals surface area contributed by atoms with E-state index in [0.717, 1.165) is 18.8 Å². The number of hydrogen-bond acceptors (Lipinski definition) is 5. The van der Waals surface area contributed by atoms with Crippen molar-refractivity contribution in [3.05, 3.63) is 24.0 Å². The van der Waals surface area contributed by atoms with Crippen molar-refractivity contribution in [2.24, 2.45) is 0 Å². The van der Waals surface area contributed by atoms with E-state index < -0.39 is 5.97 Å². The number of rotatable bonds is 3. The minimum Gasteiger partial charge on any atom is -0.464 e. The Hall–Kier alpha value is -1.62. The van der Waals surface area contributed by atoms with Gasteiger partial charge >= 0.3 is 5.97 Å². The van der Waals surface area contributed by atoms with Gasteiger partial charge in [0.1, 0.15) is 5.69 Å². The van der Waals surface area contributed by atoms with Gasteiger partial charge in [-0.3, -0.25) is 0 Å². The summed E-state index contributed by atoms with van der Waals surface area (Å²) in [5.74, 6) is -0.410. The number of carbonyl (C=O) groups is 1. The quantitative estimate of drug-likeness (QED) is 0.808. The van der Waals surface area contributed by atoms with Gasteiger partial charge in [0, 0.05) is 19.3 Å². The molecule has 0 amide bonds. The maximum Gasteiger partial charge on any atom is 0.356 e. The number of carbonyl (C=O) groups excluding carboxylic acids is 1. The molecule has 0 atom stereocenters. The predicted molar refractivity (Wildman–Crippen MR) is 64.6 cm³/mol. The monoisotopic (exact) mass is 235 g/mol. The summed E-state index contributed by atoms with van der Waals surface area (Å²) >= 11 is 0. The maximum absolute atomic E-state index is 11.3. The van der Waals surface area contributed by atoms with Gasteiger partial charge in [-0.1, -0.05) is 6.42 Å². The Morgan fingerprint density at radius 3 is 2.88 bits per heavy atom. The molecule has 0 aliphatic carbocycles. The number of anilines is 1. The first kappa shape index (κ1) is 11.9. The molecular formula is C12H17N3O2. The molecular weight excluding hydrogens is 218 g/mol. The highest BCUT2D eigenvalue weighted by Gasteiger charge is 2.11. The number of hydrazine groups is 1. The summed E-state index contributed by atoms with van der Waals surface area (Å²) in [6.45, 7) is 2.08. The van der Waals surface area contributed by atoms with Crippen LogP contribution in [-0.2, 0) is 4.74 Å². The van der Waals surface area contributed by atoms with Crippen LogP contribution < -0.4 is 5.43 Å². The average molecular weight is 235 g/mol. The second-order valence-corrected chi connectivity index (χ2v) is 4.08. The van der Waals surface area contributed by atoms with E-state index in [1.807, 2.05) is 6.07 Å². The van der Waals surface area contributed by atoms with E-state index in [-0.39, 0.29) is 0 Å². The van der Waals surface area contributed by atoms with Crippen LogP contribution in [0.15, 0.2) is 18.3 Å². The molecule has 0 radical (unpaired) electrons. The number of hydrogen-bond donors (Lipinski definition) is 1. The van der Waals surface area contributed by atoms with E-state index in [9.17, 15) is 4.79 Å². The minimum absolute atomic E-state index is 0.328. The van der Waals surface area contributed by atoms with E-state index in [0.29, 0.717) is 5.69 Å². The second kappa shape index (κ2) is 5.63. The number of pyridine rings is 1. The number of nitrogens with one attached hydrogen (secondary N) is 1. The lowest BCUT2D eigenvalue weighted by Gasteiger charge is -2.27. The number of piperidine rings is 1. The fourth-order valence-electron chi connectivity index (χ4n) is 1.90. The molecule has 2 rings (SSSR count). The molecule has 1 aromatic heterocycles. The van der Waals surface area contributed by atoms with Crippen molar-refractivity contribution in [2.75, 3.05) is 25.6 Å². The molecule has 1 fully saturated rings. The van der Waals surface area contributed by atoms with Crippen molar-refractivity contribution in [2.45, 2.75) is 19.3 Å². The third-order valence-corrected chi connectivity index (χ3v) is 2.80. The van der Waals surface area contributed by atoms with Crippen LogP contribution in [0.3, 0.4) is 0 Å². The Morgan fingerprint density at radius 2 is 2.18 bits per heavy atom. The first-order chi connectivity index (χ1) is 8.29. The normalized spacial score (nSPS) is 16.5. The molecule has 1 aromatic rings. The molecule has 5 heteroatoms. The van der Waals surface area contributed by atoms with E-state index in [4.69, 9.17) is 0 Å². The SMILES string of the molecule is COC(=O)c1cc(NN2CCCCC2)ccn1. The van der Waals surface area contributed by atoms with Crippen LogP contribution in [-0.4, -0.2) is 36.2 Å². The van der Waals surface area contributed by atoms with Crippen molar-refractivity contribution in [1.82, 2.24) is 9.99 Å². The van der Waals surface area contributed by atoms with Crippen LogP contribution in [0, 0.1) is 0 Å². The zero-order valence-electron chi connectivity index (χ0n) is 9.98. The summed E-state index contributed by atoms with van der Waals surface area (Å²) in [6.07, 6.45) is 5.32. The van der Waals surface area contributed by atoms with Gasteiger partial charge in [0.05, 0.1) is 12.8 Å². The van der Waals surface area contributed by atoms with Gasteiger partial charge in [-0.2, -0.15) is 0 Å². The van der Waals surface area contributed by atoms with Gasteiger partial charge < -0.3 is 10.2 Å². The molecule has 1 N–H and O–H groups in total. The van der Waals surface area contributed by atoms with Gasteiger partial charge in [0.15, 0.2) is 0 Å². The highest BCUT2D eigenvalue weighted by Crippen LogP contribution is 2.13. The highest BCUT2D eigenvalue weighted by molar-refractivity contribution is 5.88. The summed E-state index contributed by atoms with van der Waals surface area (Å²) in [4.78, 5) is 15.3. The molecule has 2 heterocycles. The van der Waals surface area contributed by atoms with E-state index in [2.05, 4.69) is 20.2 Å². The number of ether oxygens (including phenoxy) is 1. The van der Waals surface area contributed by atoms with Crippen LogP contribution >= 0.6 is 0 Å². The average Bonchev–Trinajstić information content (AvgIpc) is 2.39. The van der Waals surface area contributed by atoms with Crippen LogP contribution in [0.4, 0.5) is 5.69 Å².